The molecule has 1 aromatic heterocycles. The number of aryl methyl sites for hydroxylation is 2. The van der Waals surface area contributed by atoms with Crippen LogP contribution in [0.15, 0.2) is 24.3 Å². The molecule has 3 aliphatic rings. The summed E-state index contributed by atoms with van der Waals surface area (Å²) in [4.78, 5) is 2.59. The smallest absolute Gasteiger partial charge is 0.274 e. The molecule has 7 heteroatoms. The third kappa shape index (κ3) is 5.10. The molecule has 1 aromatic carbocycles. The second kappa shape index (κ2) is 9.50. The third-order valence-corrected chi connectivity index (χ3v) is 7.87. The normalized spacial score (nSPS) is 27.7. The molecule has 5 rings (SSSR count). The lowest BCUT2D eigenvalue weighted by molar-refractivity contribution is 0.0178. The van der Waals surface area contributed by atoms with Crippen molar-refractivity contribution >= 4 is 5.82 Å². The van der Waals surface area contributed by atoms with Crippen LogP contribution in [0.25, 0.3) is 11.3 Å². The summed E-state index contributed by atoms with van der Waals surface area (Å²) >= 11 is 0. The monoisotopic (exact) mass is 470 g/mol. The van der Waals surface area contributed by atoms with Crippen LogP contribution < -0.4 is 5.32 Å². The van der Waals surface area contributed by atoms with Crippen molar-refractivity contribution in [3.63, 3.8) is 0 Å². The van der Waals surface area contributed by atoms with Gasteiger partial charge in [0.15, 0.2) is 5.82 Å². The number of nitrogens with zero attached hydrogens (tertiary/aromatic N) is 3. The number of aromatic nitrogens is 2. The highest BCUT2D eigenvalue weighted by atomic mass is 19.3. The molecule has 184 valence electrons. The fourth-order valence-electron chi connectivity index (χ4n) is 6.15. The number of hydrogen-bond acceptors (Lipinski definition) is 5. The maximum atomic E-state index is 14.6. The molecule has 0 amide bonds. The standard InChI is InChI=1S/C27H36F2N4O/c1-17-6-7-18(2)23(9-17)25-12-24(27(3,28)29)26(32-31-25)30-22-10-20-14-33(15-21(20)11-22)13-19-5-4-8-34-16-19/h6-7,9,12,19-22H,4-5,8,10-11,13-16H2,1-3H3,(H,30,32)/t19?,20-,21+,22?. The largest absolute Gasteiger partial charge is 0.381 e. The van der Waals surface area contributed by atoms with Crippen LogP contribution in [0.5, 0.6) is 0 Å². The van der Waals surface area contributed by atoms with Gasteiger partial charge in [-0.15, -0.1) is 10.2 Å². The van der Waals surface area contributed by atoms with Gasteiger partial charge in [0.2, 0.25) is 0 Å². The summed E-state index contributed by atoms with van der Waals surface area (Å²) in [6.07, 6.45) is 4.43. The Balaban J connectivity index is 1.26. The van der Waals surface area contributed by atoms with Crippen molar-refractivity contribution in [3.8, 4) is 11.3 Å². The van der Waals surface area contributed by atoms with Gasteiger partial charge < -0.3 is 15.0 Å². The zero-order chi connectivity index (χ0) is 23.9. The number of rotatable bonds is 6. The minimum Gasteiger partial charge on any atom is -0.381 e. The van der Waals surface area contributed by atoms with Crippen LogP contribution in [-0.4, -0.2) is 54.0 Å². The number of likely N-dealkylation sites (tertiary alicyclic amines) is 1. The van der Waals surface area contributed by atoms with Crippen molar-refractivity contribution in [2.75, 3.05) is 38.2 Å². The van der Waals surface area contributed by atoms with Gasteiger partial charge in [-0.05, 0) is 75.0 Å². The highest BCUT2D eigenvalue weighted by Gasteiger charge is 2.42. The molecule has 2 aliphatic heterocycles. The van der Waals surface area contributed by atoms with Crippen molar-refractivity contribution in [3.05, 3.63) is 41.0 Å². The fraction of sp³-hybridized carbons (Fsp3) is 0.630. The lowest BCUT2D eigenvalue weighted by atomic mass is 10.0. The van der Waals surface area contributed by atoms with Crippen LogP contribution in [0.2, 0.25) is 0 Å². The Kier molecular flexibility index (Phi) is 6.60. The van der Waals surface area contributed by atoms with E-state index in [4.69, 9.17) is 4.74 Å². The summed E-state index contributed by atoms with van der Waals surface area (Å²) in [5, 5.41) is 12.0. The summed E-state index contributed by atoms with van der Waals surface area (Å²) in [5.41, 5.74) is 3.34. The van der Waals surface area contributed by atoms with Gasteiger partial charge in [0.25, 0.3) is 5.92 Å². The van der Waals surface area contributed by atoms with Crippen LogP contribution >= 0.6 is 0 Å². The SMILES string of the molecule is Cc1ccc(C)c(-c2cc(C(C)(F)F)c(NC3C[C@@H]4CN(CC5CCCOC5)C[C@@H]4C3)nn2)c1. The zero-order valence-electron chi connectivity index (χ0n) is 20.5. The molecule has 34 heavy (non-hydrogen) atoms. The van der Waals surface area contributed by atoms with E-state index in [0.29, 0.717) is 23.4 Å². The Morgan fingerprint density at radius 1 is 1.12 bits per heavy atom. The van der Waals surface area contributed by atoms with E-state index in [1.165, 1.54) is 18.9 Å². The molecule has 4 atom stereocenters. The number of ether oxygens (including phenoxy) is 1. The topological polar surface area (TPSA) is 50.3 Å². The molecule has 0 bridgehead atoms. The van der Waals surface area contributed by atoms with Gasteiger partial charge in [0.1, 0.15) is 0 Å². The summed E-state index contributed by atoms with van der Waals surface area (Å²) in [6.45, 7) is 10.0. The molecule has 2 saturated heterocycles. The van der Waals surface area contributed by atoms with Crippen LogP contribution in [0.1, 0.15) is 49.3 Å². The van der Waals surface area contributed by atoms with E-state index in [9.17, 15) is 8.78 Å². The molecule has 0 spiro atoms. The first-order valence-electron chi connectivity index (χ1n) is 12.7. The lowest BCUT2D eigenvalue weighted by Crippen LogP contribution is -2.33. The highest BCUT2D eigenvalue weighted by Crippen LogP contribution is 2.41. The van der Waals surface area contributed by atoms with Crippen LogP contribution in [0.3, 0.4) is 0 Å². The molecule has 1 N–H and O–H groups in total. The average Bonchev–Trinajstić information content (AvgIpc) is 3.33. The molecule has 1 saturated carbocycles. The van der Waals surface area contributed by atoms with Crippen LogP contribution in [0.4, 0.5) is 14.6 Å². The van der Waals surface area contributed by atoms with Crippen molar-refractivity contribution < 1.29 is 13.5 Å². The van der Waals surface area contributed by atoms with Gasteiger partial charge in [-0.2, -0.15) is 0 Å². The number of nitrogens with one attached hydrogen (secondary N) is 1. The van der Waals surface area contributed by atoms with E-state index in [-0.39, 0.29) is 17.4 Å². The first kappa shape index (κ1) is 23.6. The van der Waals surface area contributed by atoms with E-state index in [1.807, 2.05) is 32.0 Å². The number of halogens is 2. The first-order valence-corrected chi connectivity index (χ1v) is 12.7. The quantitative estimate of drug-likeness (QED) is 0.611. The van der Waals surface area contributed by atoms with E-state index in [1.54, 1.807) is 0 Å². The van der Waals surface area contributed by atoms with Gasteiger partial charge in [-0.3, -0.25) is 0 Å². The van der Waals surface area contributed by atoms with Crippen LogP contribution in [-0.2, 0) is 10.7 Å². The molecular weight excluding hydrogens is 434 g/mol. The summed E-state index contributed by atoms with van der Waals surface area (Å²) in [7, 11) is 0. The molecule has 3 heterocycles. The number of hydrogen-bond donors (Lipinski definition) is 1. The van der Waals surface area contributed by atoms with E-state index in [0.717, 1.165) is 69.3 Å². The van der Waals surface area contributed by atoms with Crippen molar-refractivity contribution in [1.29, 1.82) is 0 Å². The maximum absolute atomic E-state index is 14.6. The minimum absolute atomic E-state index is 0.0746. The predicted octanol–water partition coefficient (Wildman–Crippen LogP) is 5.42. The van der Waals surface area contributed by atoms with Crippen molar-refractivity contribution in [2.45, 2.75) is 58.4 Å². The molecule has 3 fully saturated rings. The number of fused-ring (bicyclic) bond motifs is 1. The number of benzene rings is 1. The Bertz CT molecular complexity index is 1000. The van der Waals surface area contributed by atoms with E-state index < -0.39 is 5.92 Å². The van der Waals surface area contributed by atoms with Gasteiger partial charge in [0, 0.05) is 44.8 Å². The first-order chi connectivity index (χ1) is 16.3. The van der Waals surface area contributed by atoms with Crippen molar-refractivity contribution in [2.24, 2.45) is 17.8 Å². The fourth-order valence-corrected chi connectivity index (χ4v) is 6.15. The molecule has 1 aliphatic carbocycles. The molecule has 2 aromatic rings. The summed E-state index contributed by atoms with van der Waals surface area (Å²) < 4.78 is 34.9. The van der Waals surface area contributed by atoms with E-state index in [2.05, 4.69) is 20.4 Å². The zero-order valence-corrected chi connectivity index (χ0v) is 20.5. The van der Waals surface area contributed by atoms with Gasteiger partial charge in [-0.25, -0.2) is 8.78 Å². The summed E-state index contributed by atoms with van der Waals surface area (Å²) in [5.74, 6) is -0.882. The summed E-state index contributed by atoms with van der Waals surface area (Å²) in [6, 6.07) is 7.66. The van der Waals surface area contributed by atoms with Gasteiger partial charge >= 0.3 is 0 Å². The van der Waals surface area contributed by atoms with Crippen molar-refractivity contribution in [1.82, 2.24) is 15.1 Å². The number of anilines is 1. The maximum Gasteiger partial charge on any atom is 0.274 e. The minimum atomic E-state index is -3.00. The predicted molar refractivity (Wildman–Crippen MR) is 130 cm³/mol. The number of alkyl halides is 2. The average molecular weight is 471 g/mol. The highest BCUT2D eigenvalue weighted by molar-refractivity contribution is 5.66. The van der Waals surface area contributed by atoms with Crippen LogP contribution in [0, 0.1) is 31.6 Å². The Hall–Kier alpha value is -2.12. The Morgan fingerprint density at radius 2 is 1.88 bits per heavy atom. The molecular formula is C27H36F2N4O. The second-order valence-electron chi connectivity index (χ2n) is 10.8. The van der Waals surface area contributed by atoms with Gasteiger partial charge in [-0.1, -0.05) is 17.7 Å². The van der Waals surface area contributed by atoms with E-state index >= 15 is 0 Å². The Morgan fingerprint density at radius 3 is 2.56 bits per heavy atom. The second-order valence-corrected chi connectivity index (χ2v) is 10.8. The van der Waals surface area contributed by atoms with Gasteiger partial charge in [0.05, 0.1) is 17.9 Å². The lowest BCUT2D eigenvalue weighted by Gasteiger charge is -2.28. The molecule has 0 radical (unpaired) electrons. The molecule has 5 nitrogen and oxygen atoms in total. The third-order valence-electron chi connectivity index (χ3n) is 7.87. The Labute approximate surface area is 201 Å². The molecule has 2 unspecified atom stereocenters.